The summed E-state index contributed by atoms with van der Waals surface area (Å²) in [6.45, 7) is 4.63. The van der Waals surface area contributed by atoms with E-state index in [1.54, 1.807) is 11.1 Å². The van der Waals surface area contributed by atoms with Gasteiger partial charge in [-0.1, -0.05) is 150 Å². The topological polar surface area (TPSA) is 24.1 Å². The van der Waals surface area contributed by atoms with E-state index in [1.807, 2.05) is 0 Å². The molecular formula is C52H56N2. The van der Waals surface area contributed by atoms with Gasteiger partial charge >= 0.3 is 0 Å². The van der Waals surface area contributed by atoms with E-state index in [1.165, 1.54) is 127 Å². The number of aryl methyl sites for hydroxylation is 2. The molecule has 0 spiro atoms. The maximum atomic E-state index is 3.78. The molecule has 2 N–H and O–H groups in total. The first-order valence-electron chi connectivity index (χ1n) is 20.9. The molecule has 6 aromatic rings. The SMILES string of the molecule is CCCCCCC1c2ccccc2-c2ccc(Nc3ccc(-c4ccc(Nc5cccc(-c6ccc7c(c6)CC7)c5)cc4)cc3)cc2C1CCCCCC. The van der Waals surface area contributed by atoms with Crippen LogP contribution in [0.2, 0.25) is 0 Å². The predicted octanol–water partition coefficient (Wildman–Crippen LogP) is 15.4. The minimum absolute atomic E-state index is 0.568. The van der Waals surface area contributed by atoms with Crippen LogP contribution in [-0.2, 0) is 12.8 Å². The first-order chi connectivity index (χ1) is 26.7. The van der Waals surface area contributed by atoms with Crippen LogP contribution in [0.15, 0.2) is 133 Å². The van der Waals surface area contributed by atoms with E-state index in [0.717, 1.165) is 17.1 Å². The lowest BCUT2D eigenvalue weighted by molar-refractivity contribution is 0.433. The van der Waals surface area contributed by atoms with Crippen LogP contribution in [-0.4, -0.2) is 0 Å². The predicted molar refractivity (Wildman–Crippen MR) is 233 cm³/mol. The third kappa shape index (κ3) is 8.04. The van der Waals surface area contributed by atoms with Crippen molar-refractivity contribution in [3.63, 3.8) is 0 Å². The molecule has 0 heterocycles. The molecule has 2 atom stereocenters. The number of rotatable bonds is 16. The molecule has 0 saturated carbocycles. The molecule has 0 amide bonds. The number of hydrogen-bond acceptors (Lipinski definition) is 2. The van der Waals surface area contributed by atoms with Crippen LogP contribution in [0.1, 0.15) is 112 Å². The molecule has 0 radical (unpaired) electrons. The lowest BCUT2D eigenvalue weighted by Crippen LogP contribution is -2.18. The molecule has 6 aromatic carbocycles. The highest BCUT2D eigenvalue weighted by Crippen LogP contribution is 2.51. The molecule has 274 valence electrons. The molecule has 2 aliphatic carbocycles. The van der Waals surface area contributed by atoms with Crippen molar-refractivity contribution in [3.8, 4) is 33.4 Å². The summed E-state index contributed by atoms with van der Waals surface area (Å²) in [7, 11) is 0. The fourth-order valence-electron chi connectivity index (χ4n) is 8.96. The second kappa shape index (κ2) is 16.9. The van der Waals surface area contributed by atoms with E-state index < -0.39 is 0 Å². The first kappa shape index (κ1) is 35.9. The Bertz CT molecular complexity index is 2160. The van der Waals surface area contributed by atoms with Crippen molar-refractivity contribution in [1.29, 1.82) is 0 Å². The van der Waals surface area contributed by atoms with Gasteiger partial charge in [0.25, 0.3) is 0 Å². The fraction of sp³-hybridized carbons (Fsp3) is 0.308. The summed E-state index contributed by atoms with van der Waals surface area (Å²) in [5.41, 5.74) is 18.5. The first-order valence-corrected chi connectivity index (χ1v) is 20.9. The van der Waals surface area contributed by atoms with Gasteiger partial charge in [0, 0.05) is 22.7 Å². The summed E-state index contributed by atoms with van der Waals surface area (Å²) >= 11 is 0. The molecule has 2 nitrogen and oxygen atoms in total. The Morgan fingerprint density at radius 3 is 1.59 bits per heavy atom. The number of anilines is 4. The Kier molecular flexibility index (Phi) is 11.3. The highest BCUT2D eigenvalue weighted by molar-refractivity contribution is 5.79. The zero-order valence-corrected chi connectivity index (χ0v) is 32.3. The molecule has 0 aliphatic heterocycles. The van der Waals surface area contributed by atoms with Crippen LogP contribution in [0.3, 0.4) is 0 Å². The van der Waals surface area contributed by atoms with Crippen molar-refractivity contribution in [2.45, 2.75) is 103 Å². The van der Waals surface area contributed by atoms with Crippen molar-refractivity contribution < 1.29 is 0 Å². The van der Waals surface area contributed by atoms with Crippen molar-refractivity contribution >= 4 is 22.7 Å². The van der Waals surface area contributed by atoms with Gasteiger partial charge in [0.2, 0.25) is 0 Å². The minimum Gasteiger partial charge on any atom is -0.356 e. The Balaban J connectivity index is 0.961. The molecule has 2 aliphatic rings. The van der Waals surface area contributed by atoms with E-state index in [0.29, 0.717) is 11.8 Å². The van der Waals surface area contributed by atoms with E-state index in [-0.39, 0.29) is 0 Å². The summed E-state index contributed by atoms with van der Waals surface area (Å²) in [5, 5.41) is 7.40. The normalized spacial score (nSPS) is 15.4. The van der Waals surface area contributed by atoms with Gasteiger partial charge in [-0.2, -0.15) is 0 Å². The highest BCUT2D eigenvalue weighted by atomic mass is 14.9. The molecule has 8 rings (SSSR count). The Morgan fingerprint density at radius 1 is 0.407 bits per heavy atom. The lowest BCUT2D eigenvalue weighted by Gasteiger charge is -2.36. The quantitative estimate of drug-likeness (QED) is 0.0978. The van der Waals surface area contributed by atoms with Crippen molar-refractivity contribution in [2.75, 3.05) is 10.6 Å². The third-order valence-corrected chi connectivity index (χ3v) is 12.1. The lowest BCUT2D eigenvalue weighted by atomic mass is 9.68. The molecule has 0 bridgehead atoms. The van der Waals surface area contributed by atoms with E-state index in [2.05, 4.69) is 158 Å². The summed E-state index contributed by atoms with van der Waals surface area (Å²) in [6.07, 6.45) is 15.5. The minimum atomic E-state index is 0.568. The van der Waals surface area contributed by atoms with E-state index >= 15 is 0 Å². The van der Waals surface area contributed by atoms with Gasteiger partial charge in [-0.15, -0.1) is 0 Å². The number of nitrogens with one attached hydrogen (secondary N) is 2. The standard InChI is InChI=1S/C52H56N2/c1-3-5-7-9-16-48-47-18-11-12-19-49(47)51-33-32-46(36-52(51)50(48)17-10-8-6-4-2)54-44-30-26-38(27-31-44)37-24-28-43(29-25-37)53-45-15-13-14-40(35-45)42-23-21-39-20-22-41(39)34-42/h11-15,18-19,21,23-36,48,50,53-54H,3-10,16-17,20,22H2,1-2H3. The summed E-state index contributed by atoms with van der Waals surface area (Å²) < 4.78 is 0. The number of fused-ring (bicyclic) bond motifs is 4. The summed E-state index contributed by atoms with van der Waals surface area (Å²) in [6, 6.07) is 49.8. The summed E-state index contributed by atoms with van der Waals surface area (Å²) in [4.78, 5) is 0. The van der Waals surface area contributed by atoms with Gasteiger partial charge in [-0.25, -0.2) is 0 Å². The molecule has 2 heteroatoms. The number of benzene rings is 6. The second-order valence-electron chi connectivity index (χ2n) is 15.8. The van der Waals surface area contributed by atoms with Crippen LogP contribution >= 0.6 is 0 Å². The monoisotopic (exact) mass is 708 g/mol. The van der Waals surface area contributed by atoms with Gasteiger partial charge in [0.15, 0.2) is 0 Å². The third-order valence-electron chi connectivity index (χ3n) is 12.1. The molecular weight excluding hydrogens is 653 g/mol. The average molecular weight is 709 g/mol. The smallest absolute Gasteiger partial charge is 0.0390 e. The fourth-order valence-corrected chi connectivity index (χ4v) is 8.96. The van der Waals surface area contributed by atoms with E-state index in [4.69, 9.17) is 0 Å². The zero-order chi connectivity index (χ0) is 36.7. The van der Waals surface area contributed by atoms with Gasteiger partial charge < -0.3 is 10.6 Å². The van der Waals surface area contributed by atoms with Gasteiger partial charge in [-0.05, 0) is 142 Å². The largest absolute Gasteiger partial charge is 0.356 e. The van der Waals surface area contributed by atoms with Gasteiger partial charge in [0.05, 0.1) is 0 Å². The molecule has 54 heavy (non-hydrogen) atoms. The molecule has 0 aromatic heterocycles. The van der Waals surface area contributed by atoms with Crippen molar-refractivity contribution in [3.05, 3.63) is 156 Å². The van der Waals surface area contributed by atoms with Crippen LogP contribution < -0.4 is 10.6 Å². The van der Waals surface area contributed by atoms with Crippen molar-refractivity contribution in [1.82, 2.24) is 0 Å². The van der Waals surface area contributed by atoms with Crippen molar-refractivity contribution in [2.24, 2.45) is 0 Å². The Hall–Kier alpha value is -5.08. The molecule has 0 fully saturated rings. The summed E-state index contributed by atoms with van der Waals surface area (Å²) in [5.74, 6) is 1.16. The number of unbranched alkanes of at least 4 members (excludes halogenated alkanes) is 6. The van der Waals surface area contributed by atoms with Gasteiger partial charge in [-0.3, -0.25) is 0 Å². The van der Waals surface area contributed by atoms with Gasteiger partial charge in [0.1, 0.15) is 0 Å². The number of hydrogen-bond donors (Lipinski definition) is 2. The zero-order valence-electron chi connectivity index (χ0n) is 32.3. The molecule has 0 saturated heterocycles. The second-order valence-corrected chi connectivity index (χ2v) is 15.8. The van der Waals surface area contributed by atoms with Crippen LogP contribution in [0.25, 0.3) is 33.4 Å². The average Bonchev–Trinajstić information content (AvgIpc) is 3.20. The van der Waals surface area contributed by atoms with Crippen LogP contribution in [0.4, 0.5) is 22.7 Å². The maximum absolute atomic E-state index is 3.78. The molecule has 2 unspecified atom stereocenters. The highest BCUT2D eigenvalue weighted by Gasteiger charge is 2.33. The van der Waals surface area contributed by atoms with Crippen LogP contribution in [0, 0.1) is 0 Å². The maximum Gasteiger partial charge on any atom is 0.0390 e. The van der Waals surface area contributed by atoms with Crippen LogP contribution in [0.5, 0.6) is 0 Å². The Morgan fingerprint density at radius 2 is 0.963 bits per heavy atom. The Labute approximate surface area is 324 Å². The van der Waals surface area contributed by atoms with E-state index in [9.17, 15) is 0 Å².